The lowest BCUT2D eigenvalue weighted by Gasteiger charge is -2.22. The molecular weight excluding hydrogens is 350 g/mol. The van der Waals surface area contributed by atoms with Gasteiger partial charge in [0.2, 0.25) is 0 Å². The third-order valence-corrected chi connectivity index (χ3v) is 4.93. The second-order valence-corrected chi connectivity index (χ2v) is 7.22. The standard InChI is InChI=1S/C18H28ClN7/c1-4-20-18(25(3)13-15-10-14(19)12-24(15)2)21-11-17-23-22-16-8-6-5-7-9-26(16)17/h10,12H,4-9,11,13H2,1-3H3,(H,20,21). The van der Waals surface area contributed by atoms with Crippen molar-refractivity contribution in [2.45, 2.75) is 52.2 Å². The van der Waals surface area contributed by atoms with E-state index in [2.05, 4.69) is 31.9 Å². The molecule has 0 radical (unpaired) electrons. The molecule has 1 aliphatic rings. The molecule has 1 aliphatic heterocycles. The molecule has 0 atom stereocenters. The summed E-state index contributed by atoms with van der Waals surface area (Å²) >= 11 is 6.10. The Labute approximate surface area is 160 Å². The van der Waals surface area contributed by atoms with Crippen LogP contribution in [0.1, 0.15) is 43.5 Å². The molecule has 0 aromatic carbocycles. The Kier molecular flexibility index (Phi) is 6.19. The molecule has 0 amide bonds. The monoisotopic (exact) mass is 377 g/mol. The van der Waals surface area contributed by atoms with E-state index < -0.39 is 0 Å². The van der Waals surface area contributed by atoms with Crippen LogP contribution in [0.15, 0.2) is 17.3 Å². The first kappa shape index (κ1) is 18.8. The van der Waals surface area contributed by atoms with Crippen LogP contribution >= 0.6 is 11.6 Å². The molecule has 0 fully saturated rings. The van der Waals surface area contributed by atoms with Crippen LogP contribution in [0.25, 0.3) is 0 Å². The van der Waals surface area contributed by atoms with Crippen LogP contribution in [-0.4, -0.2) is 43.8 Å². The van der Waals surface area contributed by atoms with Gasteiger partial charge in [-0.05, 0) is 25.8 Å². The number of aliphatic imine (C=N–C) groups is 1. The number of halogens is 1. The SMILES string of the molecule is CCNC(=NCc1nnc2n1CCCCC2)N(C)Cc1cc(Cl)cn1C. The second-order valence-electron chi connectivity index (χ2n) is 6.78. The van der Waals surface area contributed by atoms with Gasteiger partial charge in [0.1, 0.15) is 12.4 Å². The highest BCUT2D eigenvalue weighted by Crippen LogP contribution is 2.16. The number of fused-ring (bicyclic) bond motifs is 1. The van der Waals surface area contributed by atoms with E-state index in [-0.39, 0.29) is 0 Å². The fourth-order valence-electron chi connectivity index (χ4n) is 3.32. The highest BCUT2D eigenvalue weighted by Gasteiger charge is 2.15. The first-order chi connectivity index (χ1) is 12.6. The summed E-state index contributed by atoms with van der Waals surface area (Å²) in [5.74, 6) is 2.91. The zero-order valence-electron chi connectivity index (χ0n) is 15.9. The van der Waals surface area contributed by atoms with Gasteiger partial charge in [-0.3, -0.25) is 0 Å². The van der Waals surface area contributed by atoms with Crippen LogP contribution in [0.4, 0.5) is 0 Å². The summed E-state index contributed by atoms with van der Waals surface area (Å²) in [7, 11) is 4.04. The first-order valence-corrected chi connectivity index (χ1v) is 9.67. The molecule has 0 saturated carbocycles. The third kappa shape index (κ3) is 4.38. The van der Waals surface area contributed by atoms with Crippen molar-refractivity contribution >= 4 is 17.6 Å². The maximum atomic E-state index is 6.10. The minimum Gasteiger partial charge on any atom is -0.357 e. The summed E-state index contributed by atoms with van der Waals surface area (Å²) in [6.07, 6.45) is 6.59. The van der Waals surface area contributed by atoms with Crippen molar-refractivity contribution in [3.8, 4) is 0 Å². The molecule has 0 aliphatic carbocycles. The number of rotatable bonds is 5. The van der Waals surface area contributed by atoms with Crippen molar-refractivity contribution in [2.75, 3.05) is 13.6 Å². The summed E-state index contributed by atoms with van der Waals surface area (Å²) in [4.78, 5) is 6.90. The number of hydrogen-bond donors (Lipinski definition) is 1. The van der Waals surface area contributed by atoms with Gasteiger partial charge in [0.05, 0.1) is 11.6 Å². The van der Waals surface area contributed by atoms with Crippen LogP contribution < -0.4 is 5.32 Å². The van der Waals surface area contributed by atoms with Crippen LogP contribution in [0, 0.1) is 0 Å². The summed E-state index contributed by atoms with van der Waals surface area (Å²) in [5.41, 5.74) is 1.14. The van der Waals surface area contributed by atoms with Crippen LogP contribution in [0.2, 0.25) is 5.02 Å². The van der Waals surface area contributed by atoms with Gasteiger partial charge in [-0.15, -0.1) is 10.2 Å². The zero-order valence-corrected chi connectivity index (χ0v) is 16.6. The summed E-state index contributed by atoms with van der Waals surface area (Å²) in [6, 6.07) is 1.99. The number of guanidine groups is 1. The Morgan fingerprint density at radius 2 is 2.19 bits per heavy atom. The molecule has 0 unspecified atom stereocenters. The number of aromatic nitrogens is 4. The van der Waals surface area contributed by atoms with Gasteiger partial charge in [-0.25, -0.2) is 4.99 Å². The summed E-state index contributed by atoms with van der Waals surface area (Å²) in [5, 5.41) is 12.8. The lowest BCUT2D eigenvalue weighted by molar-refractivity contribution is 0.461. The zero-order chi connectivity index (χ0) is 18.5. The molecule has 2 aromatic rings. The van der Waals surface area contributed by atoms with Gasteiger partial charge < -0.3 is 19.4 Å². The Hall–Kier alpha value is -2.02. The van der Waals surface area contributed by atoms with Crippen molar-refractivity contribution in [1.29, 1.82) is 0 Å². The van der Waals surface area contributed by atoms with E-state index in [0.29, 0.717) is 6.54 Å². The Morgan fingerprint density at radius 3 is 2.92 bits per heavy atom. The Balaban J connectivity index is 1.72. The largest absolute Gasteiger partial charge is 0.357 e. The number of aryl methyl sites for hydroxylation is 2. The van der Waals surface area contributed by atoms with E-state index in [1.165, 1.54) is 19.3 Å². The van der Waals surface area contributed by atoms with Crippen LogP contribution in [0.5, 0.6) is 0 Å². The second kappa shape index (κ2) is 8.58. The van der Waals surface area contributed by atoms with E-state index in [1.807, 2.05) is 30.9 Å². The summed E-state index contributed by atoms with van der Waals surface area (Å²) < 4.78 is 4.29. The lowest BCUT2D eigenvalue weighted by atomic mass is 10.2. The molecule has 0 spiro atoms. The molecule has 0 bridgehead atoms. The van der Waals surface area contributed by atoms with Gasteiger partial charge in [-0.1, -0.05) is 18.0 Å². The molecule has 142 valence electrons. The van der Waals surface area contributed by atoms with Crippen molar-refractivity contribution in [1.82, 2.24) is 29.5 Å². The van der Waals surface area contributed by atoms with Gasteiger partial charge in [0, 0.05) is 45.5 Å². The van der Waals surface area contributed by atoms with E-state index in [4.69, 9.17) is 16.6 Å². The van der Waals surface area contributed by atoms with Crippen LogP contribution in [0.3, 0.4) is 0 Å². The Bertz CT molecular complexity index is 762. The van der Waals surface area contributed by atoms with E-state index in [0.717, 1.165) is 54.4 Å². The van der Waals surface area contributed by atoms with E-state index >= 15 is 0 Å². The number of nitrogens with one attached hydrogen (secondary N) is 1. The molecule has 3 rings (SSSR count). The highest BCUT2D eigenvalue weighted by atomic mass is 35.5. The van der Waals surface area contributed by atoms with Crippen LogP contribution in [-0.2, 0) is 33.1 Å². The predicted molar refractivity (Wildman–Crippen MR) is 104 cm³/mol. The molecule has 0 saturated heterocycles. The molecule has 2 aromatic heterocycles. The quantitative estimate of drug-likeness (QED) is 0.642. The molecule has 3 heterocycles. The number of nitrogens with zero attached hydrogens (tertiary/aromatic N) is 6. The predicted octanol–water partition coefficient (Wildman–Crippen LogP) is 2.59. The maximum absolute atomic E-state index is 6.10. The average molecular weight is 378 g/mol. The molecular formula is C18H28ClN7. The first-order valence-electron chi connectivity index (χ1n) is 9.29. The van der Waals surface area contributed by atoms with E-state index in [9.17, 15) is 0 Å². The maximum Gasteiger partial charge on any atom is 0.194 e. The average Bonchev–Trinajstić information content (AvgIpc) is 3.03. The van der Waals surface area contributed by atoms with Gasteiger partial charge in [0.25, 0.3) is 0 Å². The van der Waals surface area contributed by atoms with Gasteiger partial charge in [0.15, 0.2) is 11.8 Å². The smallest absolute Gasteiger partial charge is 0.194 e. The minimum absolute atomic E-state index is 0.535. The molecule has 7 nitrogen and oxygen atoms in total. The fraction of sp³-hybridized carbons (Fsp3) is 0.611. The highest BCUT2D eigenvalue weighted by molar-refractivity contribution is 6.30. The third-order valence-electron chi connectivity index (χ3n) is 4.73. The van der Waals surface area contributed by atoms with Gasteiger partial charge >= 0.3 is 0 Å². The van der Waals surface area contributed by atoms with Crippen molar-refractivity contribution in [3.05, 3.63) is 34.6 Å². The molecule has 26 heavy (non-hydrogen) atoms. The number of hydrogen-bond acceptors (Lipinski definition) is 3. The fourth-order valence-corrected chi connectivity index (χ4v) is 3.59. The lowest BCUT2D eigenvalue weighted by Crippen LogP contribution is -2.38. The normalized spacial score (nSPS) is 14.8. The van der Waals surface area contributed by atoms with Crippen molar-refractivity contribution in [2.24, 2.45) is 12.0 Å². The molecule has 8 heteroatoms. The summed E-state index contributed by atoms with van der Waals surface area (Å²) in [6.45, 7) is 5.16. The topological polar surface area (TPSA) is 63.3 Å². The van der Waals surface area contributed by atoms with E-state index in [1.54, 1.807) is 0 Å². The minimum atomic E-state index is 0.535. The Morgan fingerprint density at radius 1 is 1.35 bits per heavy atom. The van der Waals surface area contributed by atoms with Crippen molar-refractivity contribution < 1.29 is 0 Å². The van der Waals surface area contributed by atoms with Crippen molar-refractivity contribution in [3.63, 3.8) is 0 Å². The molecule has 1 N–H and O–H groups in total. The van der Waals surface area contributed by atoms with Gasteiger partial charge in [-0.2, -0.15) is 0 Å².